The summed E-state index contributed by atoms with van der Waals surface area (Å²) in [5.41, 5.74) is 2.14. The zero-order valence-electron chi connectivity index (χ0n) is 17.9. The van der Waals surface area contributed by atoms with Crippen molar-refractivity contribution in [2.75, 3.05) is 24.5 Å². The van der Waals surface area contributed by atoms with Crippen molar-refractivity contribution < 1.29 is 4.52 Å². The molecule has 0 atom stereocenters. The van der Waals surface area contributed by atoms with Crippen molar-refractivity contribution in [2.24, 2.45) is 4.99 Å². The van der Waals surface area contributed by atoms with Gasteiger partial charge in [-0.1, -0.05) is 25.1 Å². The summed E-state index contributed by atoms with van der Waals surface area (Å²) in [5.74, 6) is 3.12. The van der Waals surface area contributed by atoms with Crippen LogP contribution in [0.1, 0.15) is 69.4 Å². The fraction of sp³-hybridized carbons (Fsp3) is 0.591. The van der Waals surface area contributed by atoms with Gasteiger partial charge in [-0.25, -0.2) is 9.98 Å². The van der Waals surface area contributed by atoms with Gasteiger partial charge in [0.05, 0.1) is 18.8 Å². The molecule has 2 aromatic heterocycles. The van der Waals surface area contributed by atoms with Crippen LogP contribution in [-0.4, -0.2) is 35.7 Å². The molecule has 0 unspecified atom stereocenters. The van der Waals surface area contributed by atoms with Crippen molar-refractivity contribution in [1.29, 1.82) is 0 Å². The van der Waals surface area contributed by atoms with E-state index < -0.39 is 0 Å². The van der Waals surface area contributed by atoms with Gasteiger partial charge in [0.1, 0.15) is 5.82 Å². The second kappa shape index (κ2) is 10.8. The number of hydrogen-bond acceptors (Lipinski definition) is 5. The molecule has 2 aromatic rings. The number of nitrogens with zero attached hydrogens (tertiary/aromatic N) is 4. The molecule has 3 rings (SSSR count). The highest BCUT2D eigenvalue weighted by atomic mass is 16.5. The molecule has 1 aliphatic rings. The molecule has 3 heterocycles. The van der Waals surface area contributed by atoms with Crippen LogP contribution in [0.2, 0.25) is 0 Å². The summed E-state index contributed by atoms with van der Waals surface area (Å²) in [6.45, 7) is 10.6. The van der Waals surface area contributed by atoms with Gasteiger partial charge in [0.15, 0.2) is 11.7 Å². The topological polar surface area (TPSA) is 78.6 Å². The molecule has 2 N–H and O–H groups in total. The van der Waals surface area contributed by atoms with Crippen molar-refractivity contribution >= 4 is 11.8 Å². The summed E-state index contributed by atoms with van der Waals surface area (Å²) in [7, 11) is 0. The summed E-state index contributed by atoms with van der Waals surface area (Å²) in [6.07, 6.45) is 6.60. The second-order valence-electron chi connectivity index (χ2n) is 7.50. The zero-order valence-corrected chi connectivity index (χ0v) is 17.9. The smallest absolute Gasteiger partial charge is 0.191 e. The highest BCUT2D eigenvalue weighted by Crippen LogP contribution is 2.22. The molecular formula is C22H34N6O. The fourth-order valence-corrected chi connectivity index (χ4v) is 3.64. The van der Waals surface area contributed by atoms with Crippen LogP contribution in [0.15, 0.2) is 33.9 Å². The van der Waals surface area contributed by atoms with Crippen LogP contribution in [0.25, 0.3) is 0 Å². The van der Waals surface area contributed by atoms with E-state index >= 15 is 0 Å². The molecule has 0 aromatic carbocycles. The first kappa shape index (κ1) is 21.1. The average Bonchev–Trinajstić information content (AvgIpc) is 3.44. The highest BCUT2D eigenvalue weighted by molar-refractivity contribution is 5.79. The predicted molar refractivity (Wildman–Crippen MR) is 117 cm³/mol. The van der Waals surface area contributed by atoms with Crippen molar-refractivity contribution in [2.45, 2.75) is 65.5 Å². The van der Waals surface area contributed by atoms with Crippen LogP contribution in [0.4, 0.5) is 5.82 Å². The standard InChI is InChI=1S/C22H34N6O/c1-4-18(5-2)20-13-19(29-27-20)16-26-22(23-6-3)25-15-17-9-10-21(24-14-17)28-11-7-8-12-28/h9-10,13-14,18H,4-8,11-12,15-16H2,1-3H3,(H2,23,25,26). The van der Waals surface area contributed by atoms with Gasteiger partial charge < -0.3 is 20.1 Å². The molecular weight excluding hydrogens is 364 g/mol. The van der Waals surface area contributed by atoms with Gasteiger partial charge in [-0.05, 0) is 44.2 Å². The van der Waals surface area contributed by atoms with Crippen molar-refractivity contribution in [1.82, 2.24) is 20.8 Å². The molecule has 158 valence electrons. The third kappa shape index (κ3) is 5.95. The SMILES string of the molecule is CCNC(=NCc1ccc(N2CCCC2)nc1)NCc1cc(C(CC)CC)no1. The van der Waals surface area contributed by atoms with E-state index in [1.807, 2.05) is 6.20 Å². The predicted octanol–water partition coefficient (Wildman–Crippen LogP) is 3.83. The number of aromatic nitrogens is 2. The fourth-order valence-electron chi connectivity index (χ4n) is 3.64. The molecule has 0 amide bonds. The Morgan fingerprint density at radius 1 is 1.17 bits per heavy atom. The first-order chi connectivity index (χ1) is 14.2. The van der Waals surface area contributed by atoms with E-state index in [2.05, 4.69) is 69.6 Å². The number of anilines is 1. The Kier molecular flexibility index (Phi) is 7.90. The number of pyridine rings is 1. The van der Waals surface area contributed by atoms with Crippen LogP contribution in [0, 0.1) is 0 Å². The lowest BCUT2D eigenvalue weighted by Gasteiger charge is -2.16. The van der Waals surface area contributed by atoms with Gasteiger partial charge in [-0.15, -0.1) is 0 Å². The summed E-state index contributed by atoms with van der Waals surface area (Å²) < 4.78 is 5.49. The van der Waals surface area contributed by atoms with Crippen molar-refractivity contribution in [3.05, 3.63) is 41.4 Å². The number of rotatable bonds is 9. The van der Waals surface area contributed by atoms with Crippen molar-refractivity contribution in [3.8, 4) is 0 Å². The normalized spacial score (nSPS) is 14.6. The lowest BCUT2D eigenvalue weighted by Crippen LogP contribution is -2.36. The summed E-state index contributed by atoms with van der Waals surface area (Å²) in [5, 5.41) is 10.8. The maximum Gasteiger partial charge on any atom is 0.191 e. The van der Waals surface area contributed by atoms with E-state index in [0.29, 0.717) is 19.0 Å². The Labute approximate surface area is 174 Å². The molecule has 0 spiro atoms. The molecule has 29 heavy (non-hydrogen) atoms. The van der Waals surface area contributed by atoms with Gasteiger partial charge in [0.2, 0.25) is 0 Å². The van der Waals surface area contributed by atoms with Crippen LogP contribution < -0.4 is 15.5 Å². The number of aliphatic imine (C=N–C) groups is 1. The molecule has 1 aliphatic heterocycles. The van der Waals surface area contributed by atoms with Gasteiger partial charge in [-0.2, -0.15) is 0 Å². The van der Waals surface area contributed by atoms with E-state index in [1.54, 1.807) is 0 Å². The molecule has 0 saturated carbocycles. The summed E-state index contributed by atoms with van der Waals surface area (Å²) >= 11 is 0. The third-order valence-corrected chi connectivity index (χ3v) is 5.41. The minimum atomic E-state index is 0.463. The summed E-state index contributed by atoms with van der Waals surface area (Å²) in [6, 6.07) is 6.27. The van der Waals surface area contributed by atoms with Gasteiger partial charge in [0, 0.05) is 37.8 Å². The van der Waals surface area contributed by atoms with Gasteiger partial charge in [0.25, 0.3) is 0 Å². The molecule has 7 nitrogen and oxygen atoms in total. The molecule has 0 aliphatic carbocycles. The molecule has 0 radical (unpaired) electrons. The van der Waals surface area contributed by atoms with E-state index in [1.165, 1.54) is 12.8 Å². The van der Waals surface area contributed by atoms with E-state index in [-0.39, 0.29) is 0 Å². The molecule has 1 fully saturated rings. The van der Waals surface area contributed by atoms with Gasteiger partial charge >= 0.3 is 0 Å². The quantitative estimate of drug-likeness (QED) is 0.494. The highest BCUT2D eigenvalue weighted by Gasteiger charge is 2.14. The molecule has 0 bridgehead atoms. The first-order valence-electron chi connectivity index (χ1n) is 10.9. The molecule has 1 saturated heterocycles. The van der Waals surface area contributed by atoms with Gasteiger partial charge in [-0.3, -0.25) is 0 Å². The Morgan fingerprint density at radius 3 is 2.62 bits per heavy atom. The number of guanidine groups is 1. The second-order valence-corrected chi connectivity index (χ2v) is 7.50. The van der Waals surface area contributed by atoms with Crippen LogP contribution in [-0.2, 0) is 13.1 Å². The van der Waals surface area contributed by atoms with E-state index in [0.717, 1.165) is 61.3 Å². The maximum absolute atomic E-state index is 5.49. The first-order valence-corrected chi connectivity index (χ1v) is 10.9. The van der Waals surface area contributed by atoms with Crippen LogP contribution in [0.3, 0.4) is 0 Å². The van der Waals surface area contributed by atoms with E-state index in [4.69, 9.17) is 4.52 Å². The maximum atomic E-state index is 5.49. The Bertz CT molecular complexity index is 760. The number of nitrogens with one attached hydrogen (secondary N) is 2. The third-order valence-electron chi connectivity index (χ3n) is 5.41. The monoisotopic (exact) mass is 398 g/mol. The van der Waals surface area contributed by atoms with Crippen molar-refractivity contribution in [3.63, 3.8) is 0 Å². The lowest BCUT2D eigenvalue weighted by atomic mass is 9.99. The Morgan fingerprint density at radius 2 is 1.97 bits per heavy atom. The Hall–Kier alpha value is -2.57. The molecule has 7 heteroatoms. The van der Waals surface area contributed by atoms with Crippen LogP contribution in [0.5, 0.6) is 0 Å². The largest absolute Gasteiger partial charge is 0.359 e. The zero-order chi connectivity index (χ0) is 20.5. The van der Waals surface area contributed by atoms with E-state index in [9.17, 15) is 0 Å². The Balaban J connectivity index is 1.55. The minimum absolute atomic E-state index is 0.463. The van der Waals surface area contributed by atoms with Crippen LogP contribution >= 0.6 is 0 Å². The minimum Gasteiger partial charge on any atom is -0.359 e. The lowest BCUT2D eigenvalue weighted by molar-refractivity contribution is 0.368. The summed E-state index contributed by atoms with van der Waals surface area (Å²) in [4.78, 5) is 11.6. The average molecular weight is 399 g/mol. The number of hydrogen-bond donors (Lipinski definition) is 2.